The molecule has 1 saturated heterocycles. The van der Waals surface area contributed by atoms with E-state index in [0.29, 0.717) is 17.3 Å². The molecule has 2 atom stereocenters. The molecule has 2 fully saturated rings. The molecule has 2 unspecified atom stereocenters. The van der Waals surface area contributed by atoms with Crippen LogP contribution in [-0.4, -0.2) is 38.2 Å². The van der Waals surface area contributed by atoms with Gasteiger partial charge in [0.05, 0.1) is 17.6 Å². The van der Waals surface area contributed by atoms with Crippen molar-refractivity contribution < 1.29 is 13.2 Å². The summed E-state index contributed by atoms with van der Waals surface area (Å²) in [6.07, 6.45) is 2.11. The minimum Gasteiger partial charge on any atom is -0.289 e. The van der Waals surface area contributed by atoms with E-state index in [9.17, 15) is 13.2 Å². The van der Waals surface area contributed by atoms with Gasteiger partial charge in [0, 0.05) is 6.54 Å². The minimum atomic E-state index is -4.37. The number of rotatable bonds is 4. The molecule has 152 valence electrons. The third-order valence-electron chi connectivity index (χ3n) is 6.02. The summed E-state index contributed by atoms with van der Waals surface area (Å²) in [5.41, 5.74) is -0.0158. The van der Waals surface area contributed by atoms with E-state index in [4.69, 9.17) is 0 Å². The van der Waals surface area contributed by atoms with E-state index in [0.717, 1.165) is 57.7 Å². The van der Waals surface area contributed by atoms with Crippen LogP contribution in [0.15, 0.2) is 24.3 Å². The highest BCUT2D eigenvalue weighted by Gasteiger charge is 2.35. The van der Waals surface area contributed by atoms with Crippen LogP contribution in [0.25, 0.3) is 0 Å². The molecule has 1 saturated carbocycles. The Morgan fingerprint density at radius 1 is 1.11 bits per heavy atom. The summed E-state index contributed by atoms with van der Waals surface area (Å²) in [6, 6.07) is 5.52. The van der Waals surface area contributed by atoms with Gasteiger partial charge in [-0.1, -0.05) is 31.9 Å². The Hall–Kier alpha value is -1.96. The van der Waals surface area contributed by atoms with E-state index in [1.165, 1.54) is 12.1 Å². The van der Waals surface area contributed by atoms with Crippen LogP contribution in [0, 0.1) is 5.92 Å². The molecule has 28 heavy (non-hydrogen) atoms. The number of aromatic nitrogens is 4. The van der Waals surface area contributed by atoms with Crippen LogP contribution in [0.1, 0.15) is 74.5 Å². The van der Waals surface area contributed by atoms with E-state index < -0.39 is 11.7 Å². The fourth-order valence-corrected chi connectivity index (χ4v) is 4.66. The summed E-state index contributed by atoms with van der Waals surface area (Å²) in [6.45, 7) is 3.86. The molecule has 2 aliphatic rings. The SMILES string of the molecule is CC1CCCN(C(c2cccc(C(F)(F)F)c2)c2nnnn2C2CCCC2)C1. The Morgan fingerprint density at radius 2 is 1.89 bits per heavy atom. The van der Waals surface area contributed by atoms with Gasteiger partial charge in [-0.05, 0) is 66.3 Å². The first kappa shape index (κ1) is 19.4. The number of likely N-dealkylation sites (tertiary alicyclic amines) is 1. The van der Waals surface area contributed by atoms with Gasteiger partial charge in [0.15, 0.2) is 5.82 Å². The summed E-state index contributed by atoms with van der Waals surface area (Å²) >= 11 is 0. The van der Waals surface area contributed by atoms with Crippen LogP contribution in [-0.2, 0) is 6.18 Å². The molecule has 1 aromatic heterocycles. The molecule has 1 aromatic carbocycles. The monoisotopic (exact) mass is 393 g/mol. The average molecular weight is 393 g/mol. The Labute approximate surface area is 162 Å². The van der Waals surface area contributed by atoms with Gasteiger partial charge in [0.1, 0.15) is 0 Å². The number of halogens is 3. The molecule has 0 spiro atoms. The van der Waals surface area contributed by atoms with Crippen molar-refractivity contribution in [3.63, 3.8) is 0 Å². The third kappa shape index (κ3) is 3.92. The second-order valence-corrected chi connectivity index (χ2v) is 8.19. The lowest BCUT2D eigenvalue weighted by Gasteiger charge is -2.37. The number of benzene rings is 1. The Morgan fingerprint density at radius 3 is 2.61 bits per heavy atom. The molecule has 0 bridgehead atoms. The predicted octanol–water partition coefficient (Wildman–Crippen LogP) is 4.63. The van der Waals surface area contributed by atoms with E-state index in [1.54, 1.807) is 6.07 Å². The first-order valence-corrected chi connectivity index (χ1v) is 10.1. The van der Waals surface area contributed by atoms with Crippen molar-refractivity contribution in [3.8, 4) is 0 Å². The molecule has 0 radical (unpaired) electrons. The predicted molar refractivity (Wildman–Crippen MR) is 98.6 cm³/mol. The number of tetrazole rings is 1. The summed E-state index contributed by atoms with van der Waals surface area (Å²) in [7, 11) is 0. The number of hydrogen-bond donors (Lipinski definition) is 0. The van der Waals surface area contributed by atoms with Crippen molar-refractivity contribution in [2.24, 2.45) is 5.92 Å². The second kappa shape index (κ2) is 7.81. The van der Waals surface area contributed by atoms with Gasteiger partial charge in [0.25, 0.3) is 0 Å². The molecular weight excluding hydrogens is 367 g/mol. The zero-order valence-corrected chi connectivity index (χ0v) is 16.1. The third-order valence-corrected chi connectivity index (χ3v) is 6.02. The molecular formula is C20H26F3N5. The lowest BCUT2D eigenvalue weighted by atomic mass is 9.94. The topological polar surface area (TPSA) is 46.8 Å². The zero-order chi connectivity index (χ0) is 19.7. The first-order valence-electron chi connectivity index (χ1n) is 10.1. The standard InChI is InChI=1S/C20H26F3N5/c1-14-6-5-11-27(13-14)18(15-7-4-8-16(12-15)20(21,22)23)19-24-25-26-28(19)17-9-2-3-10-17/h4,7-8,12,14,17-18H,2-3,5-6,9-11,13H2,1H3. The molecule has 5 nitrogen and oxygen atoms in total. The molecule has 1 aliphatic heterocycles. The molecule has 8 heteroatoms. The summed E-state index contributed by atoms with van der Waals surface area (Å²) in [4.78, 5) is 2.25. The van der Waals surface area contributed by atoms with E-state index >= 15 is 0 Å². The van der Waals surface area contributed by atoms with Crippen LogP contribution < -0.4 is 0 Å². The highest BCUT2D eigenvalue weighted by molar-refractivity contribution is 5.31. The van der Waals surface area contributed by atoms with Gasteiger partial charge in [0.2, 0.25) is 0 Å². The quantitative estimate of drug-likeness (QED) is 0.760. The van der Waals surface area contributed by atoms with Gasteiger partial charge in [-0.25, -0.2) is 4.68 Å². The largest absolute Gasteiger partial charge is 0.416 e. The van der Waals surface area contributed by atoms with Gasteiger partial charge < -0.3 is 0 Å². The summed E-state index contributed by atoms with van der Waals surface area (Å²) in [5, 5.41) is 12.5. The smallest absolute Gasteiger partial charge is 0.289 e. The van der Waals surface area contributed by atoms with Crippen molar-refractivity contribution >= 4 is 0 Å². The summed E-state index contributed by atoms with van der Waals surface area (Å²) < 4.78 is 41.9. The van der Waals surface area contributed by atoms with E-state index in [1.807, 2.05) is 4.68 Å². The fraction of sp³-hybridized carbons (Fsp3) is 0.650. The van der Waals surface area contributed by atoms with Crippen LogP contribution >= 0.6 is 0 Å². The minimum absolute atomic E-state index is 0.237. The van der Waals surface area contributed by atoms with Crippen molar-refractivity contribution in [2.45, 2.75) is 63.7 Å². The zero-order valence-electron chi connectivity index (χ0n) is 16.1. The van der Waals surface area contributed by atoms with Crippen molar-refractivity contribution in [3.05, 3.63) is 41.2 Å². The Balaban J connectivity index is 1.76. The molecule has 2 heterocycles. The average Bonchev–Trinajstić information content (AvgIpc) is 3.33. The molecule has 4 rings (SSSR count). The lowest BCUT2D eigenvalue weighted by molar-refractivity contribution is -0.137. The van der Waals surface area contributed by atoms with Crippen LogP contribution in [0.2, 0.25) is 0 Å². The summed E-state index contributed by atoms with van der Waals surface area (Å²) in [5.74, 6) is 1.16. The highest BCUT2D eigenvalue weighted by atomic mass is 19.4. The van der Waals surface area contributed by atoms with Crippen molar-refractivity contribution in [1.82, 2.24) is 25.1 Å². The maximum atomic E-state index is 13.3. The van der Waals surface area contributed by atoms with Crippen molar-refractivity contribution in [1.29, 1.82) is 0 Å². The van der Waals surface area contributed by atoms with Crippen LogP contribution in [0.3, 0.4) is 0 Å². The maximum Gasteiger partial charge on any atom is 0.416 e. The van der Waals surface area contributed by atoms with E-state index in [-0.39, 0.29) is 12.1 Å². The highest BCUT2D eigenvalue weighted by Crippen LogP contribution is 2.37. The first-order chi connectivity index (χ1) is 13.4. The fourth-order valence-electron chi connectivity index (χ4n) is 4.66. The van der Waals surface area contributed by atoms with Gasteiger partial charge in [-0.15, -0.1) is 5.10 Å². The number of alkyl halides is 3. The molecule has 1 aliphatic carbocycles. The Bertz CT molecular complexity index is 797. The van der Waals surface area contributed by atoms with Gasteiger partial charge in [-0.3, -0.25) is 4.90 Å². The van der Waals surface area contributed by atoms with Crippen LogP contribution in [0.4, 0.5) is 13.2 Å². The number of piperidine rings is 1. The molecule has 0 amide bonds. The van der Waals surface area contributed by atoms with E-state index in [2.05, 4.69) is 27.3 Å². The molecule has 0 N–H and O–H groups in total. The molecule has 2 aromatic rings. The van der Waals surface area contributed by atoms with Gasteiger partial charge >= 0.3 is 6.18 Å². The van der Waals surface area contributed by atoms with Crippen molar-refractivity contribution in [2.75, 3.05) is 13.1 Å². The van der Waals surface area contributed by atoms with Crippen LogP contribution in [0.5, 0.6) is 0 Å². The second-order valence-electron chi connectivity index (χ2n) is 8.19. The Kier molecular flexibility index (Phi) is 5.40. The maximum absolute atomic E-state index is 13.3. The number of nitrogens with zero attached hydrogens (tertiary/aromatic N) is 5. The normalized spacial score (nSPS) is 23.2. The lowest BCUT2D eigenvalue weighted by Crippen LogP contribution is -2.39. The number of hydrogen-bond acceptors (Lipinski definition) is 4. The van der Waals surface area contributed by atoms with Gasteiger partial charge in [-0.2, -0.15) is 13.2 Å².